The van der Waals surface area contributed by atoms with Gasteiger partial charge in [0.05, 0.1) is 44.3 Å². The van der Waals surface area contributed by atoms with Crippen LogP contribution >= 0.6 is 0 Å². The van der Waals surface area contributed by atoms with Crippen molar-refractivity contribution in [3.8, 4) is 55.9 Å². The maximum atomic E-state index is 2.76. The van der Waals surface area contributed by atoms with Crippen molar-refractivity contribution < 1.29 is 0 Å². The Hall–Kier alpha value is -12.4. The number of anilines is 6. The van der Waals surface area contributed by atoms with Crippen LogP contribution in [0.25, 0.3) is 99.5 Å². The van der Waals surface area contributed by atoms with E-state index < -0.39 is 10.8 Å². The Morgan fingerprint density at radius 1 is 0.257 bits per heavy atom. The van der Waals surface area contributed by atoms with Gasteiger partial charge in [-0.25, -0.2) is 0 Å². The van der Waals surface area contributed by atoms with Crippen LogP contribution in [0.1, 0.15) is 70.8 Å². The van der Waals surface area contributed by atoms with Gasteiger partial charge < -0.3 is 18.9 Å². The standard InChI is InChI=1S/C96H63BN4/c1-94(2,3)58-54-89-93-90(55-58)101(86-49-25-37-72-66-31-9-19-43-78(66)96(92(72)86)75-40-16-6-28-63(75)64-29-7-17-41-76(64)96)88-57-60(99-83-46-22-12-34-69(83)70-35-13-23-47-84(70)99)51-53-80(88)97(93)79-52-50-59(98-81-44-20-10-32-67(81)68-33-11-21-45-82(68)98)56-87(79)100(89)85-48-24-36-71-65-30-8-18-42-77(65)95(91(71)85)73-38-14-4-26-61(73)62-27-5-15-39-74(62)95/h4-57H,1-3H3. The maximum Gasteiger partial charge on any atom is 0.252 e. The summed E-state index contributed by atoms with van der Waals surface area (Å²) in [4.78, 5) is 5.53. The first-order valence-electron chi connectivity index (χ1n) is 35.7. The number of benzene rings is 15. The number of para-hydroxylation sites is 4. The second kappa shape index (κ2) is 19.7. The zero-order valence-corrected chi connectivity index (χ0v) is 56.0. The molecule has 0 bridgehead atoms. The van der Waals surface area contributed by atoms with Gasteiger partial charge in [-0.1, -0.05) is 276 Å². The molecule has 17 aromatic rings. The Morgan fingerprint density at radius 2 is 0.545 bits per heavy atom. The van der Waals surface area contributed by atoms with Gasteiger partial charge in [0.25, 0.3) is 6.71 Å². The highest BCUT2D eigenvalue weighted by atomic mass is 15.2. The van der Waals surface area contributed by atoms with Gasteiger partial charge in [-0.15, -0.1) is 0 Å². The van der Waals surface area contributed by atoms with Crippen molar-refractivity contribution in [2.75, 3.05) is 9.80 Å². The minimum atomic E-state index is -0.650. The van der Waals surface area contributed by atoms with Gasteiger partial charge in [0.1, 0.15) is 0 Å². The minimum absolute atomic E-state index is 0.211. The van der Waals surface area contributed by atoms with E-state index in [1.54, 1.807) is 0 Å². The summed E-state index contributed by atoms with van der Waals surface area (Å²) in [7, 11) is 0. The summed E-state index contributed by atoms with van der Waals surface area (Å²) < 4.78 is 5.03. The molecule has 23 rings (SSSR count). The van der Waals surface area contributed by atoms with E-state index in [1.165, 1.54) is 177 Å². The van der Waals surface area contributed by atoms with E-state index in [9.17, 15) is 0 Å². The van der Waals surface area contributed by atoms with Gasteiger partial charge in [0, 0.05) is 66.8 Å². The average Bonchev–Trinajstić information content (AvgIpc) is 1.61. The van der Waals surface area contributed by atoms with Crippen LogP contribution in [0.4, 0.5) is 34.1 Å². The number of nitrogens with zero attached hydrogens (tertiary/aromatic N) is 4. The molecule has 0 saturated carbocycles. The van der Waals surface area contributed by atoms with E-state index in [1.807, 2.05) is 0 Å². The van der Waals surface area contributed by atoms with E-state index in [-0.39, 0.29) is 12.1 Å². The van der Waals surface area contributed by atoms with Crippen molar-refractivity contribution in [2.45, 2.75) is 37.0 Å². The summed E-state index contributed by atoms with van der Waals surface area (Å²) in [5, 5.41) is 4.96. The summed E-state index contributed by atoms with van der Waals surface area (Å²) >= 11 is 0. The monoisotopic (exact) mass is 1280 g/mol. The van der Waals surface area contributed by atoms with Crippen LogP contribution < -0.4 is 26.2 Å². The lowest BCUT2D eigenvalue weighted by Gasteiger charge is -2.47. The summed E-state index contributed by atoms with van der Waals surface area (Å²) in [5.41, 5.74) is 38.2. The van der Waals surface area contributed by atoms with E-state index in [0.717, 1.165) is 22.7 Å². The molecule has 4 aliphatic carbocycles. The predicted octanol–water partition coefficient (Wildman–Crippen LogP) is 21.9. The van der Waals surface area contributed by atoms with Crippen LogP contribution in [0.15, 0.2) is 328 Å². The summed E-state index contributed by atoms with van der Waals surface area (Å²) in [6.07, 6.45) is 0. The Morgan fingerprint density at radius 3 is 0.871 bits per heavy atom. The van der Waals surface area contributed by atoms with E-state index in [4.69, 9.17) is 0 Å². The quantitative estimate of drug-likeness (QED) is 0.163. The molecule has 0 radical (unpaired) electrons. The highest BCUT2D eigenvalue weighted by molar-refractivity contribution is 7.00. The highest BCUT2D eigenvalue weighted by Gasteiger charge is 2.57. The summed E-state index contributed by atoms with van der Waals surface area (Å²) in [6, 6.07) is 126. The fourth-order valence-electron chi connectivity index (χ4n) is 20.2. The third-order valence-corrected chi connectivity index (χ3v) is 24.0. The third-order valence-electron chi connectivity index (χ3n) is 24.0. The number of fused-ring (bicyclic) bond motifs is 30. The van der Waals surface area contributed by atoms with Crippen molar-refractivity contribution in [1.82, 2.24) is 9.13 Å². The number of hydrogen-bond donors (Lipinski definition) is 0. The molecule has 2 spiro atoms. The van der Waals surface area contributed by atoms with Gasteiger partial charge in [0.15, 0.2) is 0 Å². The molecule has 0 amide bonds. The smallest absolute Gasteiger partial charge is 0.252 e. The molecule has 15 aromatic carbocycles. The van der Waals surface area contributed by atoms with Gasteiger partial charge >= 0.3 is 0 Å². The van der Waals surface area contributed by atoms with Crippen molar-refractivity contribution in [3.05, 3.63) is 378 Å². The lowest BCUT2D eigenvalue weighted by atomic mass is 9.33. The van der Waals surface area contributed by atoms with Crippen molar-refractivity contribution in [2.24, 2.45) is 0 Å². The zero-order chi connectivity index (χ0) is 66.4. The Balaban J connectivity index is 0.882. The lowest BCUT2D eigenvalue weighted by molar-refractivity contribution is 0.590. The van der Waals surface area contributed by atoms with Gasteiger partial charge in [-0.2, -0.15) is 0 Å². The van der Waals surface area contributed by atoms with E-state index in [0.29, 0.717) is 0 Å². The normalized spacial score (nSPS) is 14.6. The number of rotatable bonds is 4. The van der Waals surface area contributed by atoms with Crippen molar-refractivity contribution in [3.63, 3.8) is 0 Å². The Labute approximate surface area is 586 Å². The minimum Gasteiger partial charge on any atom is -0.311 e. The largest absolute Gasteiger partial charge is 0.311 e. The predicted molar refractivity (Wildman–Crippen MR) is 420 cm³/mol. The molecule has 2 aromatic heterocycles. The molecular weight excluding hydrogens is 1220 g/mol. The number of aromatic nitrogens is 2. The third kappa shape index (κ3) is 6.87. The molecule has 6 aliphatic rings. The molecule has 0 fully saturated rings. The van der Waals surface area contributed by atoms with Gasteiger partial charge in [-0.3, -0.25) is 0 Å². The molecule has 0 saturated heterocycles. The fraction of sp³-hybridized carbons (Fsp3) is 0.0625. The van der Waals surface area contributed by atoms with Crippen LogP contribution in [-0.2, 0) is 16.2 Å². The Bertz CT molecular complexity index is 5950. The average molecular weight is 1280 g/mol. The zero-order valence-electron chi connectivity index (χ0n) is 56.0. The fourth-order valence-corrected chi connectivity index (χ4v) is 20.2. The molecule has 4 nitrogen and oxygen atoms in total. The molecule has 101 heavy (non-hydrogen) atoms. The maximum absolute atomic E-state index is 2.76. The molecule has 4 heterocycles. The van der Waals surface area contributed by atoms with E-state index >= 15 is 0 Å². The van der Waals surface area contributed by atoms with Crippen LogP contribution in [0.3, 0.4) is 0 Å². The molecule has 0 atom stereocenters. The van der Waals surface area contributed by atoms with Gasteiger partial charge in [-0.05, 0) is 178 Å². The van der Waals surface area contributed by atoms with Crippen molar-refractivity contribution in [1.29, 1.82) is 0 Å². The summed E-state index contributed by atoms with van der Waals surface area (Å²) in [5.74, 6) is 0. The highest BCUT2D eigenvalue weighted by Crippen LogP contribution is 2.68. The second-order valence-corrected chi connectivity index (χ2v) is 29.7. The first kappa shape index (κ1) is 55.6. The molecule has 0 unspecified atom stereocenters. The van der Waals surface area contributed by atoms with Crippen LogP contribution in [0, 0.1) is 0 Å². The molecule has 0 N–H and O–H groups in total. The molecular formula is C96H63BN4. The van der Waals surface area contributed by atoms with Crippen LogP contribution in [0.5, 0.6) is 0 Å². The first-order chi connectivity index (χ1) is 49.8. The molecule has 5 heteroatoms. The van der Waals surface area contributed by atoms with E-state index in [2.05, 4.69) is 367 Å². The molecule has 2 aliphatic heterocycles. The summed E-state index contributed by atoms with van der Waals surface area (Å²) in [6.45, 7) is 7.03. The second-order valence-electron chi connectivity index (χ2n) is 29.7. The van der Waals surface area contributed by atoms with Crippen molar-refractivity contribution >= 4 is 101 Å². The Kier molecular flexibility index (Phi) is 10.8. The number of hydrogen-bond acceptors (Lipinski definition) is 2. The van der Waals surface area contributed by atoms with Crippen LogP contribution in [-0.4, -0.2) is 15.8 Å². The van der Waals surface area contributed by atoms with Gasteiger partial charge in [0.2, 0.25) is 0 Å². The topological polar surface area (TPSA) is 16.3 Å². The van der Waals surface area contributed by atoms with Crippen LogP contribution in [0.2, 0.25) is 0 Å². The lowest BCUT2D eigenvalue weighted by Crippen LogP contribution is -2.61. The SMILES string of the molecule is CC(C)(C)c1cc2c3c(c1)N(c1cccc4c1C1(c5ccccc5-c5ccccc51)c1ccccc1-4)c1cc(-n4c5ccccc5c5ccccc54)ccc1B3c1ccc(-n3c4ccccc4c4ccccc43)cc1N2c1cccc2c1C1(c3ccccc3-c3ccccc31)c1ccccc1-2. The molecule has 470 valence electrons. The first-order valence-corrected chi connectivity index (χ1v) is 35.7.